The molecular weight excluding hydrogens is 380 g/mol. The average molecular weight is 398 g/mol. The molecule has 28 heavy (non-hydrogen) atoms. The van der Waals surface area contributed by atoms with Gasteiger partial charge in [-0.2, -0.15) is 0 Å². The molecule has 0 aliphatic rings. The lowest BCUT2D eigenvalue weighted by atomic mass is 10.1. The van der Waals surface area contributed by atoms with E-state index in [9.17, 15) is 18.0 Å². The lowest BCUT2D eigenvalue weighted by Gasteiger charge is -2.07. The Hall–Kier alpha value is -3.52. The zero-order valence-corrected chi connectivity index (χ0v) is 15.8. The number of nitrogens with zero attached hydrogens (tertiary/aromatic N) is 1. The van der Waals surface area contributed by atoms with E-state index in [2.05, 4.69) is 4.98 Å². The molecule has 3 rings (SSSR count). The van der Waals surface area contributed by atoms with Crippen LogP contribution in [0.5, 0.6) is 0 Å². The number of sulfonamides is 1. The molecule has 1 aromatic heterocycles. The van der Waals surface area contributed by atoms with Crippen LogP contribution in [0.15, 0.2) is 83.9 Å². The molecule has 1 amide bonds. The topological polar surface area (TPSA) is 113 Å². The third-order valence-corrected chi connectivity index (χ3v) is 4.81. The maximum atomic E-state index is 12.0. The number of aromatic carboxylic acids is 1. The van der Waals surface area contributed by atoms with Gasteiger partial charge in [0.2, 0.25) is 0 Å². The molecule has 1 heterocycles. The second-order valence-electron chi connectivity index (χ2n) is 5.60. The minimum Gasteiger partial charge on any atom is -0.478 e. The number of nitrogens with one attached hydrogen (secondary N) is 1. The van der Waals surface area contributed by atoms with Crippen molar-refractivity contribution in [3.63, 3.8) is 0 Å². The van der Waals surface area contributed by atoms with Crippen molar-refractivity contribution in [1.29, 1.82) is 0 Å². The summed E-state index contributed by atoms with van der Waals surface area (Å²) in [6.07, 6.45) is 1.79. The lowest BCUT2D eigenvalue weighted by Crippen LogP contribution is -2.30. The van der Waals surface area contributed by atoms with Gasteiger partial charge in [-0.1, -0.05) is 30.3 Å². The second-order valence-corrected chi connectivity index (χ2v) is 7.29. The minimum atomic E-state index is -3.99. The maximum Gasteiger partial charge on any atom is 0.335 e. The Morgan fingerprint density at radius 3 is 2.07 bits per heavy atom. The summed E-state index contributed by atoms with van der Waals surface area (Å²) < 4.78 is 25.9. The van der Waals surface area contributed by atoms with E-state index in [0.29, 0.717) is 0 Å². The summed E-state index contributed by atoms with van der Waals surface area (Å²) in [5, 5.41) is 8.85. The summed E-state index contributed by atoms with van der Waals surface area (Å²) in [4.78, 5) is 26.7. The van der Waals surface area contributed by atoms with E-state index in [0.717, 1.165) is 11.8 Å². The van der Waals surface area contributed by atoms with Crippen molar-refractivity contribution in [2.45, 2.75) is 11.8 Å². The van der Waals surface area contributed by atoms with E-state index >= 15 is 0 Å². The predicted octanol–water partition coefficient (Wildman–Crippen LogP) is 2.89. The maximum absolute atomic E-state index is 12.0. The molecule has 0 spiro atoms. The first-order valence-electron chi connectivity index (χ1n) is 8.13. The van der Waals surface area contributed by atoms with Crippen LogP contribution in [0.2, 0.25) is 0 Å². The molecule has 0 bridgehead atoms. The summed E-state index contributed by atoms with van der Waals surface area (Å²) >= 11 is 0. The number of aromatic nitrogens is 1. The fourth-order valence-electron chi connectivity index (χ4n) is 2.08. The molecule has 2 N–H and O–H groups in total. The number of carboxylic acids is 1. The number of amides is 1. The molecule has 0 aliphatic carbocycles. The van der Waals surface area contributed by atoms with Gasteiger partial charge in [0.05, 0.1) is 10.5 Å². The van der Waals surface area contributed by atoms with Crippen LogP contribution in [0.3, 0.4) is 0 Å². The van der Waals surface area contributed by atoms with E-state index < -0.39 is 21.9 Å². The van der Waals surface area contributed by atoms with Crippen molar-refractivity contribution in [3.05, 3.63) is 95.8 Å². The molecule has 7 nitrogen and oxygen atoms in total. The normalized spacial score (nSPS) is 10.3. The van der Waals surface area contributed by atoms with Gasteiger partial charge in [0.25, 0.3) is 15.9 Å². The Balaban J connectivity index is 0.000000336. The highest BCUT2D eigenvalue weighted by molar-refractivity contribution is 7.90. The van der Waals surface area contributed by atoms with Crippen LogP contribution < -0.4 is 4.72 Å². The zero-order chi connectivity index (χ0) is 20.6. The lowest BCUT2D eigenvalue weighted by molar-refractivity contribution is 0.0697. The van der Waals surface area contributed by atoms with Crippen LogP contribution in [0.4, 0.5) is 0 Å². The van der Waals surface area contributed by atoms with Gasteiger partial charge in [-0.05, 0) is 49.4 Å². The number of aryl methyl sites for hydroxylation is 1. The SMILES string of the molecule is Cc1ccccn1.O=C(O)c1cccc(C(=O)NS(=O)(=O)c2ccccc2)c1. The van der Waals surface area contributed by atoms with Crippen LogP contribution in [0.1, 0.15) is 26.4 Å². The Morgan fingerprint density at radius 1 is 0.893 bits per heavy atom. The smallest absolute Gasteiger partial charge is 0.335 e. The number of benzene rings is 2. The van der Waals surface area contributed by atoms with Gasteiger partial charge in [-0.15, -0.1) is 0 Å². The third kappa shape index (κ3) is 6.03. The molecule has 0 unspecified atom stereocenters. The van der Waals surface area contributed by atoms with Crippen LogP contribution in [-0.2, 0) is 10.0 Å². The number of carbonyl (C=O) groups is 2. The number of rotatable bonds is 4. The minimum absolute atomic E-state index is 0.0468. The summed E-state index contributed by atoms with van der Waals surface area (Å²) in [5.41, 5.74) is 0.927. The highest BCUT2D eigenvalue weighted by atomic mass is 32.2. The molecule has 0 aliphatic heterocycles. The third-order valence-electron chi connectivity index (χ3n) is 3.47. The van der Waals surface area contributed by atoms with Crippen molar-refractivity contribution >= 4 is 21.9 Å². The first-order valence-corrected chi connectivity index (χ1v) is 9.61. The molecule has 144 valence electrons. The molecule has 2 aromatic carbocycles. The molecule has 0 saturated carbocycles. The predicted molar refractivity (Wildman–Crippen MR) is 103 cm³/mol. The Morgan fingerprint density at radius 2 is 1.54 bits per heavy atom. The summed E-state index contributed by atoms with van der Waals surface area (Å²) in [5.74, 6) is -2.09. The van der Waals surface area contributed by atoms with E-state index in [-0.39, 0.29) is 16.0 Å². The zero-order valence-electron chi connectivity index (χ0n) is 14.9. The summed E-state index contributed by atoms with van der Waals surface area (Å²) in [6, 6.07) is 18.4. The van der Waals surface area contributed by atoms with Crippen molar-refractivity contribution in [3.8, 4) is 0 Å². The van der Waals surface area contributed by atoms with Crippen molar-refractivity contribution < 1.29 is 23.1 Å². The van der Waals surface area contributed by atoms with Gasteiger partial charge in [-0.25, -0.2) is 17.9 Å². The van der Waals surface area contributed by atoms with E-state index in [4.69, 9.17) is 5.11 Å². The van der Waals surface area contributed by atoms with Gasteiger partial charge in [-0.3, -0.25) is 9.78 Å². The summed E-state index contributed by atoms with van der Waals surface area (Å²) in [7, 11) is -3.99. The van der Waals surface area contributed by atoms with Crippen LogP contribution in [0.25, 0.3) is 0 Å². The highest BCUT2D eigenvalue weighted by Crippen LogP contribution is 2.10. The molecule has 8 heteroatoms. The molecule has 0 atom stereocenters. The van der Waals surface area contributed by atoms with Crippen molar-refractivity contribution in [2.24, 2.45) is 0 Å². The molecular formula is C20H18N2O5S. The van der Waals surface area contributed by atoms with Gasteiger partial charge >= 0.3 is 5.97 Å². The Kier molecular flexibility index (Phi) is 7.00. The quantitative estimate of drug-likeness (QED) is 0.699. The Bertz CT molecular complexity index is 1050. The van der Waals surface area contributed by atoms with Gasteiger partial charge in [0.15, 0.2) is 0 Å². The average Bonchev–Trinajstić information content (AvgIpc) is 2.69. The number of pyridine rings is 1. The van der Waals surface area contributed by atoms with E-state index in [1.165, 1.54) is 42.5 Å². The second kappa shape index (κ2) is 9.43. The van der Waals surface area contributed by atoms with Gasteiger partial charge < -0.3 is 5.11 Å². The molecule has 0 saturated heterocycles. The van der Waals surface area contributed by atoms with E-state index in [1.54, 1.807) is 12.3 Å². The molecule has 0 fully saturated rings. The van der Waals surface area contributed by atoms with Gasteiger partial charge in [0.1, 0.15) is 0 Å². The largest absolute Gasteiger partial charge is 0.478 e. The van der Waals surface area contributed by atoms with E-state index in [1.807, 2.05) is 29.8 Å². The fourth-order valence-corrected chi connectivity index (χ4v) is 3.08. The fraction of sp³-hybridized carbons (Fsp3) is 0.0500. The summed E-state index contributed by atoms with van der Waals surface area (Å²) in [6.45, 7) is 1.97. The number of carbonyl (C=O) groups excluding carboxylic acids is 1. The van der Waals surface area contributed by atoms with Crippen LogP contribution in [0, 0.1) is 6.92 Å². The van der Waals surface area contributed by atoms with Gasteiger partial charge in [0, 0.05) is 17.5 Å². The first kappa shape index (κ1) is 20.8. The number of carboxylic acid groups (broad SMARTS) is 1. The number of hydrogen-bond donors (Lipinski definition) is 2. The standard InChI is InChI=1S/C14H11NO5S.C6H7N/c16-13(10-5-4-6-11(9-10)14(17)18)15-21(19,20)12-7-2-1-3-8-12;1-6-4-2-3-5-7-6/h1-9H,(H,15,16)(H,17,18);2-5H,1H3. The van der Waals surface area contributed by atoms with Crippen LogP contribution >= 0.6 is 0 Å². The van der Waals surface area contributed by atoms with Crippen molar-refractivity contribution in [2.75, 3.05) is 0 Å². The number of hydrogen-bond acceptors (Lipinski definition) is 5. The highest BCUT2D eigenvalue weighted by Gasteiger charge is 2.19. The Labute approximate surface area is 162 Å². The first-order chi connectivity index (χ1) is 13.3. The van der Waals surface area contributed by atoms with Crippen molar-refractivity contribution in [1.82, 2.24) is 9.71 Å². The molecule has 3 aromatic rings. The monoisotopic (exact) mass is 398 g/mol. The molecule has 0 radical (unpaired) electrons. The van der Waals surface area contributed by atoms with Crippen LogP contribution in [-0.4, -0.2) is 30.4 Å².